The molecule has 32 heavy (non-hydrogen) atoms. The quantitative estimate of drug-likeness (QED) is 0.388. The van der Waals surface area contributed by atoms with Crippen LogP contribution in [-0.2, 0) is 4.74 Å². The fourth-order valence-electron chi connectivity index (χ4n) is 3.99. The number of carbonyl (C=O) groups is 1. The summed E-state index contributed by atoms with van der Waals surface area (Å²) in [6, 6.07) is 7.97. The molecule has 0 radical (unpaired) electrons. The number of hydrogen-bond donors (Lipinski definition) is 1. The van der Waals surface area contributed by atoms with Crippen LogP contribution in [0.4, 0.5) is 4.79 Å². The minimum Gasteiger partial charge on any atom is -0.444 e. The molecule has 1 atom stereocenters. The molecule has 166 valence electrons. The Morgan fingerprint density at radius 1 is 1.25 bits per heavy atom. The van der Waals surface area contributed by atoms with E-state index in [0.717, 1.165) is 46.1 Å². The number of carbonyl (C=O) groups excluding carboxylic acids is 1. The number of ether oxygens (including phenoxy) is 1. The van der Waals surface area contributed by atoms with Gasteiger partial charge in [0.05, 0.1) is 17.9 Å². The van der Waals surface area contributed by atoms with E-state index in [1.165, 1.54) is 0 Å². The van der Waals surface area contributed by atoms with E-state index >= 15 is 0 Å². The van der Waals surface area contributed by atoms with E-state index < -0.39 is 5.60 Å². The van der Waals surface area contributed by atoms with Gasteiger partial charge in [0.15, 0.2) is 4.96 Å². The van der Waals surface area contributed by atoms with E-state index in [1.807, 2.05) is 67.2 Å². The molecule has 1 saturated heterocycles. The lowest BCUT2D eigenvalue weighted by molar-refractivity contribution is 0.0218. The van der Waals surface area contributed by atoms with E-state index in [4.69, 9.17) is 16.3 Å². The van der Waals surface area contributed by atoms with Crippen LogP contribution in [0.1, 0.15) is 45.5 Å². The molecule has 3 aromatic heterocycles. The normalized spacial score (nSPS) is 16.8. The number of amides is 1. The summed E-state index contributed by atoms with van der Waals surface area (Å²) in [5.41, 5.74) is 3.12. The van der Waals surface area contributed by atoms with Crippen molar-refractivity contribution >= 4 is 34.0 Å². The molecule has 1 fully saturated rings. The number of aromatic nitrogens is 4. The van der Waals surface area contributed by atoms with Crippen LogP contribution in [0.25, 0.3) is 27.5 Å². The van der Waals surface area contributed by atoms with Gasteiger partial charge >= 0.3 is 6.09 Å². The third-order valence-corrected chi connectivity index (χ3v) is 6.58. The Morgan fingerprint density at radius 2 is 2.00 bits per heavy atom. The molecule has 0 bridgehead atoms. The van der Waals surface area contributed by atoms with Crippen LogP contribution >= 0.6 is 22.9 Å². The van der Waals surface area contributed by atoms with Crippen molar-refractivity contribution in [3.8, 4) is 22.5 Å². The highest BCUT2D eigenvalue weighted by atomic mass is 35.5. The second-order valence-corrected chi connectivity index (χ2v) is 10.1. The van der Waals surface area contributed by atoms with Crippen LogP contribution in [-0.4, -0.2) is 42.5 Å². The topological polar surface area (TPSA) is 75.5 Å². The predicted molar refractivity (Wildman–Crippen MR) is 126 cm³/mol. The van der Waals surface area contributed by atoms with Crippen molar-refractivity contribution in [2.24, 2.45) is 0 Å². The number of halogens is 1. The monoisotopic (exact) mass is 469 g/mol. The van der Waals surface area contributed by atoms with Gasteiger partial charge in [0.1, 0.15) is 22.3 Å². The maximum absolute atomic E-state index is 12.6. The fraction of sp³-hybridized carbons (Fsp3) is 0.348. The van der Waals surface area contributed by atoms with Crippen molar-refractivity contribution < 1.29 is 9.53 Å². The first kappa shape index (κ1) is 21.0. The van der Waals surface area contributed by atoms with E-state index in [0.29, 0.717) is 11.7 Å². The van der Waals surface area contributed by atoms with Gasteiger partial charge in [0.2, 0.25) is 0 Å². The summed E-state index contributed by atoms with van der Waals surface area (Å²) >= 11 is 8.05. The highest BCUT2D eigenvalue weighted by Gasteiger charge is 2.34. The van der Waals surface area contributed by atoms with Gasteiger partial charge in [-0.15, -0.1) is 11.3 Å². The summed E-state index contributed by atoms with van der Waals surface area (Å²) in [7, 11) is 0. The standard InChI is InChI=1S/C23H24ClN5O2S/c1-23(2,3)31-22(30)28-10-4-5-17(28)20-25-13-16(26-20)14-6-8-15(9-7-14)18-19(24)29-11-12-32-21(29)27-18/h6-9,11-13,17H,4-5,10H2,1-3H3,(H,25,26)/t17-/m0/s1. The number of aromatic amines is 1. The Hall–Kier alpha value is -2.84. The number of thiazole rings is 1. The van der Waals surface area contributed by atoms with E-state index in [9.17, 15) is 4.79 Å². The smallest absolute Gasteiger partial charge is 0.410 e. The first-order valence-corrected chi connectivity index (χ1v) is 11.8. The van der Waals surface area contributed by atoms with Crippen LogP contribution in [0.2, 0.25) is 5.15 Å². The van der Waals surface area contributed by atoms with Gasteiger partial charge < -0.3 is 9.72 Å². The average Bonchev–Trinajstić information content (AvgIpc) is 3.52. The van der Waals surface area contributed by atoms with Gasteiger partial charge in [-0.25, -0.2) is 14.8 Å². The molecule has 1 aliphatic rings. The molecular formula is C23H24ClN5O2S. The maximum Gasteiger partial charge on any atom is 0.410 e. The second kappa shape index (κ2) is 7.94. The Bertz CT molecular complexity index is 1270. The molecule has 4 aromatic rings. The van der Waals surface area contributed by atoms with Gasteiger partial charge in [-0.3, -0.25) is 9.30 Å². The van der Waals surface area contributed by atoms with E-state index in [-0.39, 0.29) is 12.1 Å². The second-order valence-electron chi connectivity index (χ2n) is 8.90. The lowest BCUT2D eigenvalue weighted by Crippen LogP contribution is -2.36. The molecule has 4 heterocycles. The zero-order valence-electron chi connectivity index (χ0n) is 18.1. The van der Waals surface area contributed by atoms with Gasteiger partial charge in [-0.2, -0.15) is 0 Å². The van der Waals surface area contributed by atoms with Crippen LogP contribution < -0.4 is 0 Å². The summed E-state index contributed by atoms with van der Waals surface area (Å²) in [5.74, 6) is 0.782. The summed E-state index contributed by atoms with van der Waals surface area (Å²) < 4.78 is 7.46. The summed E-state index contributed by atoms with van der Waals surface area (Å²) in [4.78, 5) is 27.9. The zero-order chi connectivity index (χ0) is 22.5. The van der Waals surface area contributed by atoms with Crippen molar-refractivity contribution in [1.82, 2.24) is 24.3 Å². The molecule has 1 aliphatic heterocycles. The summed E-state index contributed by atoms with van der Waals surface area (Å²) in [6.45, 7) is 6.31. The Morgan fingerprint density at radius 3 is 2.72 bits per heavy atom. The van der Waals surface area contributed by atoms with E-state index in [1.54, 1.807) is 16.2 Å². The SMILES string of the molecule is CC(C)(C)OC(=O)N1CCC[C@H]1c1ncc(-c2ccc(-c3nc4sccn4c3Cl)cc2)[nH]1. The molecule has 1 aromatic carbocycles. The molecule has 0 aliphatic carbocycles. The molecular weight excluding hydrogens is 446 g/mol. The third kappa shape index (κ3) is 3.89. The minimum absolute atomic E-state index is 0.102. The Kier molecular flexibility index (Phi) is 5.22. The largest absolute Gasteiger partial charge is 0.444 e. The number of imidazole rings is 2. The lowest BCUT2D eigenvalue weighted by Gasteiger charge is -2.27. The molecule has 0 spiro atoms. The van der Waals surface area contributed by atoms with Gasteiger partial charge in [0, 0.05) is 23.7 Å². The lowest BCUT2D eigenvalue weighted by atomic mass is 10.1. The number of rotatable bonds is 3. The van der Waals surface area contributed by atoms with Gasteiger partial charge in [-0.05, 0) is 39.2 Å². The van der Waals surface area contributed by atoms with Crippen LogP contribution in [0.15, 0.2) is 42.0 Å². The summed E-state index contributed by atoms with van der Waals surface area (Å²) in [5, 5.41) is 2.58. The first-order chi connectivity index (χ1) is 15.3. The number of H-pyrrole nitrogens is 1. The Labute approximate surface area is 195 Å². The molecule has 1 N–H and O–H groups in total. The van der Waals surface area contributed by atoms with Gasteiger partial charge in [0.25, 0.3) is 0 Å². The molecule has 1 amide bonds. The molecule has 9 heteroatoms. The van der Waals surface area contributed by atoms with Crippen molar-refractivity contribution in [3.05, 3.63) is 53.0 Å². The van der Waals surface area contributed by atoms with Crippen LogP contribution in [0, 0.1) is 0 Å². The molecule has 7 nitrogen and oxygen atoms in total. The number of nitrogens with one attached hydrogen (secondary N) is 1. The number of nitrogens with zero attached hydrogens (tertiary/aromatic N) is 4. The number of benzene rings is 1. The summed E-state index contributed by atoms with van der Waals surface area (Å²) in [6.07, 6.45) is 5.23. The Balaban J connectivity index is 1.36. The minimum atomic E-state index is -0.520. The van der Waals surface area contributed by atoms with Crippen molar-refractivity contribution in [2.75, 3.05) is 6.54 Å². The molecule has 0 saturated carbocycles. The number of fused-ring (bicyclic) bond motifs is 1. The predicted octanol–water partition coefficient (Wildman–Crippen LogP) is 6.18. The van der Waals surface area contributed by atoms with Crippen molar-refractivity contribution in [1.29, 1.82) is 0 Å². The maximum atomic E-state index is 12.6. The number of hydrogen-bond acceptors (Lipinski definition) is 5. The van der Waals surface area contributed by atoms with Crippen LogP contribution in [0.5, 0.6) is 0 Å². The average molecular weight is 470 g/mol. The third-order valence-electron chi connectivity index (χ3n) is 5.47. The van der Waals surface area contributed by atoms with Crippen molar-refractivity contribution in [3.63, 3.8) is 0 Å². The fourth-order valence-corrected chi connectivity index (χ4v) is 5.04. The highest BCUT2D eigenvalue weighted by molar-refractivity contribution is 7.15. The van der Waals surface area contributed by atoms with Gasteiger partial charge in [-0.1, -0.05) is 35.9 Å². The highest BCUT2D eigenvalue weighted by Crippen LogP contribution is 2.34. The molecule has 0 unspecified atom stereocenters. The zero-order valence-corrected chi connectivity index (χ0v) is 19.7. The van der Waals surface area contributed by atoms with E-state index in [2.05, 4.69) is 15.0 Å². The number of likely N-dealkylation sites (tertiary alicyclic amines) is 1. The van der Waals surface area contributed by atoms with Crippen LogP contribution in [0.3, 0.4) is 0 Å². The first-order valence-electron chi connectivity index (χ1n) is 10.6. The van der Waals surface area contributed by atoms with Crippen molar-refractivity contribution in [2.45, 2.75) is 45.3 Å². The molecule has 5 rings (SSSR count).